The van der Waals surface area contributed by atoms with Crippen molar-refractivity contribution in [3.8, 4) is 5.75 Å². The summed E-state index contributed by atoms with van der Waals surface area (Å²) in [6.45, 7) is 0.488. The molecule has 17 heavy (non-hydrogen) atoms. The first-order valence-corrected chi connectivity index (χ1v) is 5.10. The van der Waals surface area contributed by atoms with Gasteiger partial charge in [-0.3, -0.25) is 4.40 Å². The number of nitrogens with zero attached hydrogens (tertiary/aromatic N) is 2. The summed E-state index contributed by atoms with van der Waals surface area (Å²) in [6.07, 6.45) is 1.52. The van der Waals surface area contributed by atoms with Crippen LogP contribution < -0.4 is 5.32 Å². The molecule has 0 aliphatic heterocycles. The first-order valence-electron chi connectivity index (χ1n) is 5.10. The zero-order chi connectivity index (χ0) is 12.4. The lowest BCUT2D eigenvalue weighted by Gasteiger charge is -2.00. The Labute approximate surface area is 97.8 Å². The highest BCUT2D eigenvalue weighted by molar-refractivity contribution is 5.95. The van der Waals surface area contributed by atoms with E-state index in [0.717, 1.165) is 0 Å². The monoisotopic (exact) mass is 235 g/mol. The smallest absolute Gasteiger partial charge is 0.358 e. The van der Waals surface area contributed by atoms with E-state index in [4.69, 9.17) is 0 Å². The van der Waals surface area contributed by atoms with E-state index < -0.39 is 5.97 Å². The summed E-state index contributed by atoms with van der Waals surface area (Å²) in [5, 5.41) is 12.4. The number of hydrogen-bond donors (Lipinski definition) is 2. The van der Waals surface area contributed by atoms with Gasteiger partial charge in [-0.2, -0.15) is 0 Å². The van der Waals surface area contributed by atoms with Crippen molar-refractivity contribution in [1.82, 2.24) is 14.7 Å². The van der Waals surface area contributed by atoms with Crippen LogP contribution in [0.3, 0.4) is 0 Å². The molecule has 2 aromatic heterocycles. The van der Waals surface area contributed by atoms with Crippen molar-refractivity contribution in [2.24, 2.45) is 0 Å². The number of rotatable bonds is 3. The number of carbonyl (C=O) groups is 1. The summed E-state index contributed by atoms with van der Waals surface area (Å²) < 4.78 is 6.33. The molecule has 0 aliphatic carbocycles. The molecule has 0 saturated heterocycles. The summed E-state index contributed by atoms with van der Waals surface area (Å²) in [5.41, 5.74) is 0.859. The van der Waals surface area contributed by atoms with Crippen LogP contribution in [0.4, 0.5) is 0 Å². The quantitative estimate of drug-likeness (QED) is 0.760. The Hall–Kier alpha value is -2.08. The number of nitrogens with one attached hydrogen (secondary N) is 1. The van der Waals surface area contributed by atoms with Crippen LogP contribution in [0.1, 0.15) is 16.3 Å². The van der Waals surface area contributed by atoms with E-state index in [1.807, 2.05) is 0 Å². The van der Waals surface area contributed by atoms with Crippen LogP contribution in [0, 0.1) is 0 Å². The summed E-state index contributed by atoms with van der Waals surface area (Å²) >= 11 is 0. The molecule has 0 unspecified atom stereocenters. The van der Waals surface area contributed by atoms with Gasteiger partial charge in [0.2, 0.25) is 0 Å². The molecule has 0 radical (unpaired) electrons. The Morgan fingerprint density at radius 1 is 1.59 bits per heavy atom. The molecule has 0 spiro atoms. The molecular formula is C11H13N3O3. The van der Waals surface area contributed by atoms with E-state index >= 15 is 0 Å². The molecular weight excluding hydrogens is 222 g/mol. The van der Waals surface area contributed by atoms with Crippen molar-refractivity contribution in [2.45, 2.75) is 6.54 Å². The van der Waals surface area contributed by atoms with Crippen molar-refractivity contribution in [2.75, 3.05) is 14.2 Å². The maximum Gasteiger partial charge on any atom is 0.358 e. The molecule has 0 aliphatic rings. The number of aromatic hydroxyl groups is 1. The van der Waals surface area contributed by atoms with Gasteiger partial charge in [-0.15, -0.1) is 0 Å². The number of methoxy groups -OCH3 is 1. The molecule has 0 amide bonds. The van der Waals surface area contributed by atoms with Crippen LogP contribution in [-0.2, 0) is 11.3 Å². The van der Waals surface area contributed by atoms with Crippen molar-refractivity contribution < 1.29 is 14.6 Å². The Kier molecular flexibility index (Phi) is 2.97. The predicted molar refractivity (Wildman–Crippen MR) is 61.0 cm³/mol. The van der Waals surface area contributed by atoms with Gasteiger partial charge in [-0.25, -0.2) is 9.78 Å². The number of imidazole rings is 1. The second kappa shape index (κ2) is 4.42. The Morgan fingerprint density at radius 3 is 3.00 bits per heavy atom. The van der Waals surface area contributed by atoms with E-state index in [1.165, 1.54) is 19.4 Å². The third-order valence-corrected chi connectivity index (χ3v) is 2.41. The highest BCUT2D eigenvalue weighted by Gasteiger charge is 2.17. The predicted octanol–water partition coefficient (Wildman–Crippen LogP) is 0.546. The lowest BCUT2D eigenvalue weighted by Crippen LogP contribution is -2.09. The van der Waals surface area contributed by atoms with Crippen LogP contribution >= 0.6 is 0 Å². The van der Waals surface area contributed by atoms with Crippen molar-refractivity contribution in [3.05, 3.63) is 29.8 Å². The lowest BCUT2D eigenvalue weighted by molar-refractivity contribution is 0.0596. The van der Waals surface area contributed by atoms with E-state index in [1.54, 1.807) is 17.5 Å². The van der Waals surface area contributed by atoms with Gasteiger partial charge in [0.25, 0.3) is 0 Å². The van der Waals surface area contributed by atoms with E-state index in [9.17, 15) is 9.90 Å². The number of aromatic nitrogens is 2. The fourth-order valence-electron chi connectivity index (χ4n) is 1.67. The number of esters is 1. The number of hydrogen-bond acceptors (Lipinski definition) is 5. The molecule has 0 bridgehead atoms. The maximum absolute atomic E-state index is 11.5. The van der Waals surface area contributed by atoms with E-state index in [0.29, 0.717) is 17.9 Å². The van der Waals surface area contributed by atoms with Crippen molar-refractivity contribution in [3.63, 3.8) is 0 Å². The number of fused-ring (bicyclic) bond motifs is 1. The van der Waals surface area contributed by atoms with Gasteiger partial charge in [0.1, 0.15) is 11.6 Å². The zero-order valence-electron chi connectivity index (χ0n) is 9.60. The molecule has 0 fully saturated rings. The van der Waals surface area contributed by atoms with Crippen LogP contribution in [0.5, 0.6) is 5.75 Å². The Bertz CT molecular complexity index is 562. The second-order valence-corrected chi connectivity index (χ2v) is 3.54. The Morgan fingerprint density at radius 2 is 2.35 bits per heavy atom. The number of pyridine rings is 1. The average Bonchev–Trinajstić information content (AvgIpc) is 2.67. The van der Waals surface area contributed by atoms with E-state index in [2.05, 4.69) is 15.0 Å². The van der Waals surface area contributed by atoms with Crippen molar-refractivity contribution >= 4 is 11.5 Å². The molecule has 90 valence electrons. The maximum atomic E-state index is 11.5. The molecule has 6 heteroatoms. The first kappa shape index (κ1) is 11.4. The molecule has 6 nitrogen and oxygen atoms in total. The molecule has 2 aromatic rings. The van der Waals surface area contributed by atoms with Crippen LogP contribution in [0.2, 0.25) is 0 Å². The van der Waals surface area contributed by atoms with Gasteiger partial charge in [0.05, 0.1) is 25.4 Å². The Balaban J connectivity index is 2.66. The number of ether oxygens (including phenoxy) is 1. The van der Waals surface area contributed by atoms with Gasteiger partial charge >= 0.3 is 5.97 Å². The van der Waals surface area contributed by atoms with Crippen molar-refractivity contribution in [1.29, 1.82) is 0 Å². The third kappa shape index (κ3) is 1.94. The molecule has 0 atom stereocenters. The highest BCUT2D eigenvalue weighted by atomic mass is 16.5. The fraction of sp³-hybridized carbons (Fsp3) is 0.273. The summed E-state index contributed by atoms with van der Waals surface area (Å²) in [6, 6.07) is 3.14. The SMILES string of the molecule is CNCc1nc(C(=O)OC)c2ccc(O)cn12. The molecule has 0 saturated carbocycles. The van der Waals surface area contributed by atoms with E-state index in [-0.39, 0.29) is 11.4 Å². The summed E-state index contributed by atoms with van der Waals surface area (Å²) in [7, 11) is 3.09. The molecule has 2 heterocycles. The normalized spacial score (nSPS) is 10.7. The standard InChI is InChI=1S/C11H13N3O3/c1-12-5-9-13-10(11(16)17-2)8-4-3-7(15)6-14(8)9/h3-4,6,12,15H,5H2,1-2H3. The highest BCUT2D eigenvalue weighted by Crippen LogP contribution is 2.18. The molecule has 2 rings (SSSR count). The summed E-state index contributed by atoms with van der Waals surface area (Å²) in [5.74, 6) is 0.262. The molecule has 0 aromatic carbocycles. The lowest BCUT2D eigenvalue weighted by atomic mass is 10.3. The topological polar surface area (TPSA) is 75.9 Å². The third-order valence-electron chi connectivity index (χ3n) is 2.41. The van der Waals surface area contributed by atoms with Crippen LogP contribution in [0.15, 0.2) is 18.3 Å². The zero-order valence-corrected chi connectivity index (χ0v) is 9.60. The number of carbonyl (C=O) groups excluding carboxylic acids is 1. The van der Waals surface area contributed by atoms with Gasteiger partial charge in [0, 0.05) is 0 Å². The van der Waals surface area contributed by atoms with Gasteiger partial charge in [-0.05, 0) is 19.2 Å². The van der Waals surface area contributed by atoms with Gasteiger partial charge < -0.3 is 15.2 Å². The largest absolute Gasteiger partial charge is 0.506 e. The van der Waals surface area contributed by atoms with Crippen LogP contribution in [-0.4, -0.2) is 34.6 Å². The van der Waals surface area contributed by atoms with Gasteiger partial charge in [0.15, 0.2) is 5.69 Å². The average molecular weight is 235 g/mol. The molecule has 2 N–H and O–H groups in total. The second-order valence-electron chi connectivity index (χ2n) is 3.54. The first-order chi connectivity index (χ1) is 8.17. The minimum Gasteiger partial charge on any atom is -0.506 e. The fourth-order valence-corrected chi connectivity index (χ4v) is 1.67. The van der Waals surface area contributed by atoms with Gasteiger partial charge in [-0.1, -0.05) is 0 Å². The van der Waals surface area contributed by atoms with Crippen LogP contribution in [0.25, 0.3) is 5.52 Å². The summed E-state index contributed by atoms with van der Waals surface area (Å²) in [4.78, 5) is 15.8. The minimum atomic E-state index is -0.490. The minimum absolute atomic E-state index is 0.115.